The third-order valence-corrected chi connectivity index (χ3v) is 8.29. The average molecular weight is 596 g/mol. The van der Waals surface area contributed by atoms with E-state index in [2.05, 4.69) is 30.7 Å². The standard InChI is InChI=1S/C17H24F3N.C17H20N4O/c1-15(2,3)13-8-12(4-5-16(11-21)6-7-16)9-14(10-13)17(18,19)20;1-17(2,3)14-8-12-10-21(16(22)20-15(12)19-14)13-6-4-11(9-18)5-7-13/h8-10H,4-7,11,21H2,1-3H3;4-8,10H,9,18H2,1-3H3,(H,19,20,22). The monoisotopic (exact) mass is 595 g/mol. The molecule has 6 nitrogen and oxygen atoms in total. The second-order valence-electron chi connectivity index (χ2n) is 13.9. The first-order valence-corrected chi connectivity index (χ1v) is 14.8. The number of benzene rings is 2. The number of aromatic amines is 1. The van der Waals surface area contributed by atoms with Crippen molar-refractivity contribution in [3.05, 3.63) is 93.2 Å². The molecule has 0 atom stereocenters. The van der Waals surface area contributed by atoms with Crippen LogP contribution in [-0.4, -0.2) is 21.1 Å². The number of aromatic nitrogens is 3. The summed E-state index contributed by atoms with van der Waals surface area (Å²) in [6.07, 6.45) is 1.30. The highest BCUT2D eigenvalue weighted by Crippen LogP contribution is 2.48. The van der Waals surface area contributed by atoms with Crippen molar-refractivity contribution in [1.29, 1.82) is 0 Å². The van der Waals surface area contributed by atoms with Gasteiger partial charge in [-0.15, -0.1) is 0 Å². The predicted molar refractivity (Wildman–Crippen MR) is 167 cm³/mol. The van der Waals surface area contributed by atoms with Gasteiger partial charge in [0.25, 0.3) is 0 Å². The van der Waals surface area contributed by atoms with Gasteiger partial charge in [0.15, 0.2) is 0 Å². The highest BCUT2D eigenvalue weighted by atomic mass is 19.4. The summed E-state index contributed by atoms with van der Waals surface area (Å²) in [6, 6.07) is 14.1. The molecule has 2 heterocycles. The van der Waals surface area contributed by atoms with Crippen molar-refractivity contribution in [2.75, 3.05) is 6.54 Å². The zero-order valence-corrected chi connectivity index (χ0v) is 26.0. The van der Waals surface area contributed by atoms with E-state index in [9.17, 15) is 18.0 Å². The van der Waals surface area contributed by atoms with E-state index in [4.69, 9.17) is 11.5 Å². The molecule has 1 aliphatic carbocycles. The van der Waals surface area contributed by atoms with E-state index >= 15 is 0 Å². The molecule has 0 bridgehead atoms. The number of fused-ring (bicyclic) bond motifs is 1. The lowest BCUT2D eigenvalue weighted by Crippen LogP contribution is -2.20. The molecule has 0 amide bonds. The molecule has 9 heteroatoms. The first-order valence-electron chi connectivity index (χ1n) is 14.8. The van der Waals surface area contributed by atoms with Crippen molar-refractivity contribution < 1.29 is 13.2 Å². The zero-order chi connectivity index (χ0) is 31.8. The first-order chi connectivity index (χ1) is 19.9. The fourth-order valence-electron chi connectivity index (χ4n) is 4.95. The Morgan fingerprint density at radius 1 is 0.884 bits per heavy atom. The molecule has 5 N–H and O–H groups in total. The molecule has 0 spiro atoms. The summed E-state index contributed by atoms with van der Waals surface area (Å²) >= 11 is 0. The molecule has 0 aliphatic heterocycles. The third-order valence-electron chi connectivity index (χ3n) is 8.29. The highest BCUT2D eigenvalue weighted by Gasteiger charge is 2.40. The Morgan fingerprint density at radius 2 is 1.51 bits per heavy atom. The number of nitrogens with one attached hydrogen (secondary N) is 1. The molecule has 2 aromatic heterocycles. The van der Waals surface area contributed by atoms with Crippen LogP contribution in [0, 0.1) is 5.41 Å². The highest BCUT2D eigenvalue weighted by molar-refractivity contribution is 5.76. The zero-order valence-electron chi connectivity index (χ0n) is 26.0. The lowest BCUT2D eigenvalue weighted by atomic mass is 9.84. The second-order valence-corrected chi connectivity index (χ2v) is 13.9. The van der Waals surface area contributed by atoms with Crippen LogP contribution in [0.2, 0.25) is 0 Å². The molecule has 232 valence electrons. The molecule has 1 fully saturated rings. The summed E-state index contributed by atoms with van der Waals surface area (Å²) in [5.41, 5.74) is 15.4. The quantitative estimate of drug-likeness (QED) is 0.220. The SMILES string of the molecule is CC(C)(C)c1cc(CCC2(CN)CC2)cc(C(F)(F)F)c1.CC(C)(C)c1cc2cn(-c3ccc(CN)cc3)c(=O)nc2[nH]1. The van der Waals surface area contributed by atoms with Crippen molar-refractivity contribution in [3.8, 4) is 5.69 Å². The first kappa shape index (κ1) is 32.5. The summed E-state index contributed by atoms with van der Waals surface area (Å²) in [7, 11) is 0. The predicted octanol–water partition coefficient (Wildman–Crippen LogP) is 7.14. The minimum Gasteiger partial charge on any atom is -0.343 e. The molecule has 43 heavy (non-hydrogen) atoms. The topological polar surface area (TPSA) is 103 Å². The van der Waals surface area contributed by atoms with Crippen LogP contribution in [0.5, 0.6) is 0 Å². The van der Waals surface area contributed by atoms with Crippen molar-refractivity contribution in [2.45, 2.75) is 90.8 Å². The number of rotatable bonds is 6. The van der Waals surface area contributed by atoms with Crippen molar-refractivity contribution in [3.63, 3.8) is 0 Å². The minimum absolute atomic E-state index is 0.0165. The van der Waals surface area contributed by atoms with Gasteiger partial charge in [-0.25, -0.2) is 4.79 Å². The lowest BCUT2D eigenvalue weighted by molar-refractivity contribution is -0.137. The van der Waals surface area contributed by atoms with Gasteiger partial charge in [0, 0.05) is 29.2 Å². The molecule has 1 saturated carbocycles. The summed E-state index contributed by atoms with van der Waals surface area (Å²) in [4.78, 5) is 19.6. The number of halogens is 3. The van der Waals surface area contributed by atoms with Gasteiger partial charge in [-0.05, 0) is 90.1 Å². The molecule has 0 saturated heterocycles. The van der Waals surface area contributed by atoms with Crippen LogP contribution in [0.15, 0.2) is 59.5 Å². The van der Waals surface area contributed by atoms with Crippen LogP contribution >= 0.6 is 0 Å². The van der Waals surface area contributed by atoms with Crippen LogP contribution in [0.3, 0.4) is 0 Å². The number of hydrogen-bond acceptors (Lipinski definition) is 4. The Hall–Kier alpha value is -3.43. The maximum atomic E-state index is 13.1. The van der Waals surface area contributed by atoms with E-state index in [0.29, 0.717) is 25.2 Å². The number of nitrogens with zero attached hydrogens (tertiary/aromatic N) is 2. The Kier molecular flexibility index (Phi) is 9.01. The van der Waals surface area contributed by atoms with Gasteiger partial charge in [0.05, 0.1) is 11.3 Å². The normalized spacial score (nSPS) is 14.9. The molecule has 5 rings (SSSR count). The van der Waals surface area contributed by atoms with E-state index in [1.54, 1.807) is 4.57 Å². The summed E-state index contributed by atoms with van der Waals surface area (Å²) in [5.74, 6) is 0. The van der Waals surface area contributed by atoms with Gasteiger partial charge in [-0.1, -0.05) is 59.7 Å². The number of hydrogen-bond donors (Lipinski definition) is 3. The van der Waals surface area contributed by atoms with E-state index in [1.807, 2.05) is 63.4 Å². The van der Waals surface area contributed by atoms with E-state index in [1.165, 1.54) is 12.1 Å². The van der Waals surface area contributed by atoms with Gasteiger partial charge in [0.2, 0.25) is 0 Å². The summed E-state index contributed by atoms with van der Waals surface area (Å²) in [6.45, 7) is 13.3. The van der Waals surface area contributed by atoms with Crippen LogP contribution in [0.1, 0.15) is 88.8 Å². The van der Waals surface area contributed by atoms with Crippen LogP contribution < -0.4 is 17.2 Å². The Morgan fingerprint density at radius 3 is 2.02 bits per heavy atom. The molecule has 0 radical (unpaired) electrons. The van der Waals surface area contributed by atoms with Gasteiger partial charge in [-0.3, -0.25) is 4.57 Å². The van der Waals surface area contributed by atoms with Gasteiger partial charge in [-0.2, -0.15) is 18.2 Å². The van der Waals surface area contributed by atoms with Crippen LogP contribution in [0.25, 0.3) is 16.7 Å². The molecule has 2 aromatic carbocycles. The van der Waals surface area contributed by atoms with Crippen LogP contribution in [0.4, 0.5) is 13.2 Å². The number of nitrogens with two attached hydrogens (primary N) is 2. The van der Waals surface area contributed by atoms with Crippen LogP contribution in [-0.2, 0) is 30.0 Å². The molecular formula is C34H44F3N5O. The van der Waals surface area contributed by atoms with E-state index < -0.39 is 11.7 Å². The summed E-state index contributed by atoms with van der Waals surface area (Å²) < 4.78 is 40.8. The fourth-order valence-corrected chi connectivity index (χ4v) is 4.95. The second kappa shape index (κ2) is 11.9. The molecule has 0 unspecified atom stereocenters. The minimum atomic E-state index is -4.29. The third kappa shape index (κ3) is 7.95. The molecule has 1 aliphatic rings. The Balaban J connectivity index is 0.000000197. The molecular weight excluding hydrogens is 551 g/mol. The van der Waals surface area contributed by atoms with Crippen molar-refractivity contribution in [1.82, 2.24) is 14.5 Å². The van der Waals surface area contributed by atoms with Gasteiger partial charge in [0.1, 0.15) is 5.65 Å². The van der Waals surface area contributed by atoms with Gasteiger partial charge >= 0.3 is 11.9 Å². The maximum absolute atomic E-state index is 13.1. The fraction of sp³-hybridized carbons (Fsp3) is 0.471. The number of H-pyrrole nitrogens is 1. The molecule has 4 aromatic rings. The van der Waals surface area contributed by atoms with E-state index in [0.717, 1.165) is 52.7 Å². The van der Waals surface area contributed by atoms with Gasteiger partial charge < -0.3 is 16.5 Å². The van der Waals surface area contributed by atoms with E-state index in [-0.39, 0.29) is 21.9 Å². The Bertz CT molecular complexity index is 1580. The largest absolute Gasteiger partial charge is 0.416 e. The maximum Gasteiger partial charge on any atom is 0.416 e. The smallest absolute Gasteiger partial charge is 0.343 e. The lowest BCUT2D eigenvalue weighted by Gasteiger charge is -2.22. The Labute approximate surface area is 251 Å². The average Bonchev–Trinajstić information content (AvgIpc) is 3.60. The van der Waals surface area contributed by atoms with Crippen molar-refractivity contribution in [2.24, 2.45) is 16.9 Å². The number of alkyl halides is 3. The number of aryl methyl sites for hydroxylation is 1. The summed E-state index contributed by atoms with van der Waals surface area (Å²) in [5, 5.41) is 0.924. The van der Waals surface area contributed by atoms with Crippen molar-refractivity contribution >= 4 is 11.0 Å².